The van der Waals surface area contributed by atoms with Crippen LogP contribution in [0.25, 0.3) is 0 Å². The Bertz CT molecular complexity index is 639. The zero-order chi connectivity index (χ0) is 18.1. The number of piperidine rings is 2. The molecule has 0 spiro atoms. The van der Waals surface area contributed by atoms with Crippen molar-refractivity contribution in [1.82, 2.24) is 10.2 Å². The van der Waals surface area contributed by atoms with Gasteiger partial charge >= 0.3 is 0 Å². The highest BCUT2D eigenvalue weighted by molar-refractivity contribution is 7.80. The fraction of sp³-hybridized carbons (Fsp3) is 0.682. The van der Waals surface area contributed by atoms with E-state index in [0.29, 0.717) is 6.04 Å². The van der Waals surface area contributed by atoms with Crippen LogP contribution in [0, 0.1) is 13.8 Å². The zero-order valence-electron chi connectivity index (χ0n) is 16.3. The lowest BCUT2D eigenvalue weighted by molar-refractivity contribution is -0.00596. The van der Waals surface area contributed by atoms with Crippen LogP contribution >= 0.6 is 12.2 Å². The molecule has 0 amide bonds. The number of rotatable bonds is 3. The average Bonchev–Trinajstić information content (AvgIpc) is 3.12. The van der Waals surface area contributed by atoms with Crippen LogP contribution in [0.3, 0.4) is 0 Å². The Morgan fingerprint density at radius 2 is 1.62 bits per heavy atom. The molecule has 26 heavy (non-hydrogen) atoms. The molecule has 3 aliphatic rings. The van der Waals surface area contributed by atoms with E-state index < -0.39 is 0 Å². The van der Waals surface area contributed by atoms with Crippen molar-refractivity contribution in [2.45, 2.75) is 95.8 Å². The average molecular weight is 372 g/mol. The summed E-state index contributed by atoms with van der Waals surface area (Å²) in [6, 6.07) is 9.29. The van der Waals surface area contributed by atoms with Crippen LogP contribution in [0.1, 0.15) is 68.9 Å². The molecule has 1 aromatic rings. The van der Waals surface area contributed by atoms with Gasteiger partial charge in [-0.1, -0.05) is 31.4 Å². The van der Waals surface area contributed by atoms with Gasteiger partial charge in [0.2, 0.25) is 0 Å². The van der Waals surface area contributed by atoms with E-state index in [9.17, 15) is 0 Å². The number of anilines is 1. The van der Waals surface area contributed by atoms with E-state index in [0.717, 1.165) is 28.9 Å². The topological polar surface area (TPSA) is 27.3 Å². The molecule has 2 heterocycles. The summed E-state index contributed by atoms with van der Waals surface area (Å²) in [6.07, 6.45) is 12.4. The Labute approximate surface area is 163 Å². The first-order valence-electron chi connectivity index (χ1n) is 10.5. The summed E-state index contributed by atoms with van der Waals surface area (Å²) in [7, 11) is 0. The quantitative estimate of drug-likeness (QED) is 0.738. The minimum absolute atomic E-state index is 0.521. The summed E-state index contributed by atoms with van der Waals surface area (Å²) in [5.74, 6) is 0. The molecule has 3 nitrogen and oxygen atoms in total. The van der Waals surface area contributed by atoms with E-state index >= 15 is 0 Å². The van der Waals surface area contributed by atoms with E-state index in [4.69, 9.17) is 12.2 Å². The molecule has 4 heteroatoms. The lowest BCUT2D eigenvalue weighted by Gasteiger charge is -2.52. The second-order valence-electron chi connectivity index (χ2n) is 8.64. The summed E-state index contributed by atoms with van der Waals surface area (Å²) >= 11 is 5.65. The highest BCUT2D eigenvalue weighted by Gasteiger charge is 2.42. The van der Waals surface area contributed by atoms with Gasteiger partial charge in [-0.3, -0.25) is 4.90 Å². The van der Waals surface area contributed by atoms with Crippen molar-refractivity contribution in [2.75, 3.05) is 5.32 Å². The van der Waals surface area contributed by atoms with Crippen LogP contribution in [0.2, 0.25) is 0 Å². The van der Waals surface area contributed by atoms with Crippen molar-refractivity contribution in [3.05, 3.63) is 29.3 Å². The third-order valence-electron chi connectivity index (χ3n) is 6.97. The molecular weight excluding hydrogens is 338 g/mol. The predicted molar refractivity (Wildman–Crippen MR) is 114 cm³/mol. The monoisotopic (exact) mass is 371 g/mol. The maximum Gasteiger partial charge on any atom is 0.171 e. The zero-order valence-corrected chi connectivity index (χ0v) is 17.1. The Morgan fingerprint density at radius 3 is 2.31 bits per heavy atom. The van der Waals surface area contributed by atoms with Crippen molar-refractivity contribution < 1.29 is 0 Å². The van der Waals surface area contributed by atoms with E-state index in [-0.39, 0.29) is 0 Å². The molecule has 0 radical (unpaired) electrons. The van der Waals surface area contributed by atoms with E-state index in [2.05, 4.69) is 47.6 Å². The number of nitrogens with zero attached hydrogens (tertiary/aromatic N) is 1. The first-order valence-corrected chi connectivity index (χ1v) is 10.9. The van der Waals surface area contributed by atoms with E-state index in [1.165, 1.54) is 68.9 Å². The van der Waals surface area contributed by atoms with Crippen LogP contribution in [0.4, 0.5) is 5.69 Å². The summed E-state index contributed by atoms with van der Waals surface area (Å²) in [5.41, 5.74) is 3.72. The molecule has 4 rings (SSSR count). The van der Waals surface area contributed by atoms with Gasteiger partial charge in [-0.05, 0) is 81.8 Å². The fourth-order valence-corrected chi connectivity index (χ4v) is 5.84. The summed E-state index contributed by atoms with van der Waals surface area (Å²) in [5, 5.41) is 7.87. The number of fused-ring (bicyclic) bond motifs is 2. The van der Waals surface area contributed by atoms with Gasteiger partial charge < -0.3 is 10.6 Å². The van der Waals surface area contributed by atoms with Crippen molar-refractivity contribution in [3.8, 4) is 0 Å². The van der Waals surface area contributed by atoms with Gasteiger partial charge in [0.25, 0.3) is 0 Å². The van der Waals surface area contributed by atoms with Crippen molar-refractivity contribution >= 4 is 23.0 Å². The summed E-state index contributed by atoms with van der Waals surface area (Å²) < 4.78 is 0. The van der Waals surface area contributed by atoms with Gasteiger partial charge in [0, 0.05) is 29.9 Å². The van der Waals surface area contributed by atoms with Crippen LogP contribution in [-0.4, -0.2) is 34.2 Å². The molecule has 3 fully saturated rings. The molecule has 0 unspecified atom stereocenters. The number of aryl methyl sites for hydroxylation is 1. The standard InChI is InChI=1S/C22H33N3S/c1-15-7-5-12-21(16(15)2)24-22(26)23-17-13-19-10-6-11-20(14-17)25(19)18-8-3-4-9-18/h5,7,12,17-20H,3-4,6,8-11,13-14H2,1-2H3,(H2,23,24,26)/t19-,20-/m0/s1. The van der Waals surface area contributed by atoms with Gasteiger partial charge in [-0.25, -0.2) is 0 Å². The van der Waals surface area contributed by atoms with Crippen LogP contribution in [0.15, 0.2) is 18.2 Å². The Kier molecular flexibility index (Phi) is 5.51. The highest BCUT2D eigenvalue weighted by Crippen LogP contribution is 2.39. The second kappa shape index (κ2) is 7.85. The molecule has 1 saturated carbocycles. The normalized spacial score (nSPS) is 29.5. The van der Waals surface area contributed by atoms with Gasteiger partial charge in [-0.15, -0.1) is 0 Å². The van der Waals surface area contributed by atoms with Gasteiger partial charge in [-0.2, -0.15) is 0 Å². The SMILES string of the molecule is Cc1cccc(NC(=S)NC2C[C@@H]3CCC[C@@H](C2)N3C2CCCC2)c1C. The first kappa shape index (κ1) is 18.2. The number of nitrogens with one attached hydrogen (secondary N) is 2. The minimum Gasteiger partial charge on any atom is -0.360 e. The second-order valence-corrected chi connectivity index (χ2v) is 9.05. The molecule has 2 aliphatic heterocycles. The van der Waals surface area contributed by atoms with Crippen molar-refractivity contribution in [1.29, 1.82) is 0 Å². The molecule has 2 N–H and O–H groups in total. The molecule has 2 bridgehead atoms. The Balaban J connectivity index is 1.37. The number of hydrogen-bond acceptors (Lipinski definition) is 2. The molecule has 0 aromatic heterocycles. The summed E-state index contributed by atoms with van der Waals surface area (Å²) in [6.45, 7) is 4.31. The fourth-order valence-electron chi connectivity index (χ4n) is 5.56. The number of benzene rings is 1. The maximum atomic E-state index is 5.65. The van der Waals surface area contributed by atoms with Crippen molar-refractivity contribution in [3.63, 3.8) is 0 Å². The van der Waals surface area contributed by atoms with E-state index in [1.807, 2.05) is 0 Å². The number of thiocarbonyl (C=S) groups is 1. The van der Waals surface area contributed by atoms with Gasteiger partial charge in [0.15, 0.2) is 5.11 Å². The highest BCUT2D eigenvalue weighted by atomic mass is 32.1. The minimum atomic E-state index is 0.521. The third-order valence-corrected chi connectivity index (χ3v) is 7.19. The van der Waals surface area contributed by atoms with Gasteiger partial charge in [0.1, 0.15) is 0 Å². The lowest BCUT2D eigenvalue weighted by atomic mass is 9.80. The molecule has 1 aliphatic carbocycles. The smallest absolute Gasteiger partial charge is 0.171 e. The summed E-state index contributed by atoms with van der Waals surface area (Å²) in [4.78, 5) is 2.93. The Morgan fingerprint density at radius 1 is 0.962 bits per heavy atom. The predicted octanol–water partition coefficient (Wildman–Crippen LogP) is 4.92. The third kappa shape index (κ3) is 3.77. The van der Waals surface area contributed by atoms with Crippen LogP contribution in [0.5, 0.6) is 0 Å². The first-order chi connectivity index (χ1) is 12.6. The molecular formula is C22H33N3S. The van der Waals surface area contributed by atoms with E-state index in [1.54, 1.807) is 0 Å². The number of hydrogen-bond donors (Lipinski definition) is 2. The molecule has 2 saturated heterocycles. The molecule has 1 aromatic carbocycles. The largest absolute Gasteiger partial charge is 0.360 e. The van der Waals surface area contributed by atoms with Crippen LogP contribution < -0.4 is 10.6 Å². The lowest BCUT2D eigenvalue weighted by Crippen LogP contribution is -2.59. The van der Waals surface area contributed by atoms with Crippen molar-refractivity contribution in [2.24, 2.45) is 0 Å². The Hall–Kier alpha value is -1.13. The van der Waals surface area contributed by atoms with Crippen LogP contribution in [-0.2, 0) is 0 Å². The molecule has 2 atom stereocenters. The molecule has 142 valence electrons. The van der Waals surface area contributed by atoms with Gasteiger partial charge in [0.05, 0.1) is 0 Å². The maximum absolute atomic E-state index is 5.65.